The van der Waals surface area contributed by atoms with E-state index in [0.29, 0.717) is 27.7 Å². The van der Waals surface area contributed by atoms with Crippen molar-refractivity contribution >= 4 is 52.6 Å². The third kappa shape index (κ3) is 7.03. The number of nitrogens with one attached hydrogen (secondary N) is 1. The second-order valence-corrected chi connectivity index (χ2v) is 8.67. The molecule has 194 valence electrons. The van der Waals surface area contributed by atoms with Crippen LogP contribution in [-0.4, -0.2) is 46.6 Å². The van der Waals surface area contributed by atoms with Gasteiger partial charge in [-0.15, -0.1) is 18.3 Å². The number of carbonyl (C=O) groups excluding carboxylic acids is 1. The van der Waals surface area contributed by atoms with Gasteiger partial charge in [-0.25, -0.2) is 0 Å². The number of amides is 1. The molecule has 0 atom stereocenters. The summed E-state index contributed by atoms with van der Waals surface area (Å²) in [5.41, 5.74) is 3.13. The molecule has 9 nitrogen and oxygen atoms in total. The normalized spacial score (nSPS) is 15.1. The predicted octanol–water partition coefficient (Wildman–Crippen LogP) is 5.21. The lowest BCUT2D eigenvalue weighted by atomic mass is 10.1. The SMILES string of the molecule is Cc1cnccc1N1C(=O)CS/C1=N\N=C\c1ccc(C(=[N-])N=CNc2ccc(OC(F)(F)F)cc2)cc1. The van der Waals surface area contributed by atoms with Crippen molar-refractivity contribution in [1.29, 1.82) is 0 Å². The van der Waals surface area contributed by atoms with Crippen LogP contribution in [0.3, 0.4) is 0 Å². The lowest BCUT2D eigenvalue weighted by molar-refractivity contribution is -0.274. The van der Waals surface area contributed by atoms with E-state index in [1.165, 1.54) is 41.3 Å². The Balaban J connectivity index is 1.34. The fourth-order valence-electron chi connectivity index (χ4n) is 3.25. The van der Waals surface area contributed by atoms with E-state index in [1.54, 1.807) is 42.7 Å². The van der Waals surface area contributed by atoms with Crippen LogP contribution in [0.1, 0.15) is 16.7 Å². The first-order valence-corrected chi connectivity index (χ1v) is 12.0. The quantitative estimate of drug-likeness (QED) is 0.252. The second kappa shape index (κ2) is 11.7. The van der Waals surface area contributed by atoms with Gasteiger partial charge in [0.2, 0.25) is 5.91 Å². The Labute approximate surface area is 219 Å². The summed E-state index contributed by atoms with van der Waals surface area (Å²) >= 11 is 1.29. The molecule has 0 saturated carbocycles. The summed E-state index contributed by atoms with van der Waals surface area (Å²) in [7, 11) is 0. The molecular formula is C25H19F3N7O2S-. The van der Waals surface area contributed by atoms with Crippen LogP contribution in [0.15, 0.2) is 82.2 Å². The van der Waals surface area contributed by atoms with Crippen molar-refractivity contribution in [3.63, 3.8) is 0 Å². The van der Waals surface area contributed by atoms with Crippen molar-refractivity contribution in [1.82, 2.24) is 4.98 Å². The number of pyridine rings is 1. The van der Waals surface area contributed by atoms with Gasteiger partial charge in [0.05, 0.1) is 17.7 Å². The topological polar surface area (TPSA) is 114 Å². The van der Waals surface area contributed by atoms with Crippen molar-refractivity contribution in [3.8, 4) is 5.75 Å². The van der Waals surface area contributed by atoms with Crippen LogP contribution in [0.5, 0.6) is 5.75 Å². The molecule has 4 rings (SSSR count). The maximum absolute atomic E-state index is 12.4. The second-order valence-electron chi connectivity index (χ2n) is 7.73. The number of nitrogens with zero attached hydrogens (tertiary/aromatic N) is 6. The Morgan fingerprint density at radius 1 is 1.16 bits per heavy atom. The molecule has 1 N–H and O–H groups in total. The number of alkyl halides is 3. The van der Waals surface area contributed by atoms with Gasteiger partial charge < -0.3 is 20.5 Å². The van der Waals surface area contributed by atoms with Crippen LogP contribution in [0.2, 0.25) is 0 Å². The van der Waals surface area contributed by atoms with Crippen LogP contribution >= 0.6 is 11.8 Å². The molecule has 1 aromatic heterocycles. The molecule has 13 heteroatoms. The summed E-state index contributed by atoms with van der Waals surface area (Å²) in [6, 6.07) is 13.5. The molecule has 0 unspecified atom stereocenters. The average molecular weight is 539 g/mol. The van der Waals surface area contributed by atoms with Crippen molar-refractivity contribution < 1.29 is 22.7 Å². The van der Waals surface area contributed by atoms with E-state index in [2.05, 4.69) is 30.2 Å². The number of aryl methyl sites for hydroxylation is 1. The number of hydrogen-bond acceptors (Lipinski definition) is 6. The maximum atomic E-state index is 12.4. The minimum atomic E-state index is -4.76. The van der Waals surface area contributed by atoms with E-state index in [1.807, 2.05) is 6.92 Å². The van der Waals surface area contributed by atoms with Crippen molar-refractivity contribution in [2.45, 2.75) is 13.3 Å². The van der Waals surface area contributed by atoms with Gasteiger partial charge in [-0.3, -0.25) is 14.7 Å². The molecule has 3 aromatic rings. The van der Waals surface area contributed by atoms with Crippen molar-refractivity contribution in [3.05, 3.63) is 89.1 Å². The first-order chi connectivity index (χ1) is 18.2. The number of aromatic nitrogens is 1. The highest BCUT2D eigenvalue weighted by Gasteiger charge is 2.31. The number of thioether (sulfide) groups is 1. The number of aliphatic imine (C=N–C) groups is 1. The van der Waals surface area contributed by atoms with Gasteiger partial charge in [-0.05, 0) is 60.3 Å². The number of anilines is 2. The largest absolute Gasteiger partial charge is 0.573 e. The van der Waals surface area contributed by atoms with Crippen LogP contribution in [0.25, 0.3) is 5.41 Å². The molecule has 38 heavy (non-hydrogen) atoms. The molecular weight excluding hydrogens is 519 g/mol. The van der Waals surface area contributed by atoms with E-state index in [0.717, 1.165) is 17.7 Å². The van der Waals surface area contributed by atoms with Crippen molar-refractivity contribution in [2.75, 3.05) is 16.0 Å². The molecule has 1 fully saturated rings. The molecule has 0 bridgehead atoms. The summed E-state index contributed by atoms with van der Waals surface area (Å²) in [5, 5.41) is 21.7. The number of benzene rings is 2. The maximum Gasteiger partial charge on any atom is 0.573 e. The summed E-state index contributed by atoms with van der Waals surface area (Å²) in [6.07, 6.45) is 1.25. The summed E-state index contributed by atoms with van der Waals surface area (Å²) in [5.74, 6) is -0.438. The number of carbonyl (C=O) groups is 1. The molecule has 2 aromatic carbocycles. The Morgan fingerprint density at radius 3 is 2.58 bits per heavy atom. The fraction of sp³-hybridized carbons (Fsp3) is 0.120. The zero-order chi connectivity index (χ0) is 27.1. The third-order valence-corrected chi connectivity index (χ3v) is 5.94. The Kier molecular flexibility index (Phi) is 8.16. The van der Waals surface area contributed by atoms with Gasteiger partial charge >= 0.3 is 6.36 Å². The smallest absolute Gasteiger partial charge is 0.464 e. The molecule has 1 aliphatic rings. The molecule has 1 aliphatic heterocycles. The number of hydrogen-bond donors (Lipinski definition) is 1. The Bertz CT molecular complexity index is 1410. The standard InChI is InChI=1S/C25H19F3N7O2S/c1-16-12-30-11-10-21(16)35-22(36)14-38-24(35)34-33-13-17-2-4-18(5-3-17)23(29)32-15-31-19-6-8-20(9-7-19)37-25(26,27)28/h2-13,15H,14H2,1H3,(H-,29,31,32)/q-1/b33-13+,34-24-. The first-order valence-electron chi connectivity index (χ1n) is 11.0. The highest BCUT2D eigenvalue weighted by atomic mass is 32.2. The van der Waals surface area contributed by atoms with Gasteiger partial charge in [0, 0.05) is 18.1 Å². The molecule has 2 heterocycles. The van der Waals surface area contributed by atoms with E-state index in [-0.39, 0.29) is 23.2 Å². The van der Waals surface area contributed by atoms with Crippen LogP contribution in [0, 0.1) is 6.92 Å². The molecule has 1 saturated heterocycles. The van der Waals surface area contributed by atoms with Gasteiger partial charge in [0.1, 0.15) is 5.75 Å². The molecule has 0 spiro atoms. The van der Waals surface area contributed by atoms with Crippen LogP contribution in [-0.2, 0) is 4.79 Å². The lowest BCUT2D eigenvalue weighted by Gasteiger charge is -2.16. The zero-order valence-corrected chi connectivity index (χ0v) is 20.6. The van der Waals surface area contributed by atoms with Gasteiger partial charge in [0.15, 0.2) is 5.17 Å². The van der Waals surface area contributed by atoms with Crippen molar-refractivity contribution in [2.24, 2.45) is 15.2 Å². The number of amidine groups is 2. The fourth-order valence-corrected chi connectivity index (χ4v) is 4.06. The Morgan fingerprint density at radius 2 is 1.89 bits per heavy atom. The van der Waals surface area contributed by atoms with E-state index >= 15 is 0 Å². The van der Waals surface area contributed by atoms with Gasteiger partial charge in [0.25, 0.3) is 0 Å². The Hall–Kier alpha value is -4.52. The minimum Gasteiger partial charge on any atom is -0.464 e. The number of halogens is 3. The molecule has 0 aliphatic carbocycles. The lowest BCUT2D eigenvalue weighted by Crippen LogP contribution is -2.29. The monoisotopic (exact) mass is 538 g/mol. The first kappa shape index (κ1) is 26.5. The number of ether oxygens (including phenoxy) is 1. The number of rotatable bonds is 7. The third-order valence-electron chi connectivity index (χ3n) is 5.02. The van der Waals surface area contributed by atoms with Crippen LogP contribution in [0.4, 0.5) is 24.5 Å². The van der Waals surface area contributed by atoms with E-state index in [4.69, 9.17) is 0 Å². The summed E-state index contributed by atoms with van der Waals surface area (Å²) < 4.78 is 40.5. The summed E-state index contributed by atoms with van der Waals surface area (Å²) in [6.45, 7) is 1.86. The highest BCUT2D eigenvalue weighted by molar-refractivity contribution is 8.15. The van der Waals surface area contributed by atoms with E-state index in [9.17, 15) is 23.4 Å². The van der Waals surface area contributed by atoms with E-state index < -0.39 is 6.36 Å². The average Bonchev–Trinajstić information content (AvgIpc) is 3.24. The zero-order valence-electron chi connectivity index (χ0n) is 19.8. The highest BCUT2D eigenvalue weighted by Crippen LogP contribution is 2.28. The summed E-state index contributed by atoms with van der Waals surface area (Å²) in [4.78, 5) is 21.8. The van der Waals surface area contributed by atoms with Gasteiger partial charge in [-0.2, -0.15) is 5.10 Å². The van der Waals surface area contributed by atoms with Gasteiger partial charge in [-0.1, -0.05) is 41.9 Å². The van der Waals surface area contributed by atoms with Crippen LogP contribution < -0.4 is 15.0 Å². The minimum absolute atomic E-state index is 0.0869. The molecule has 1 amide bonds. The molecule has 0 radical (unpaired) electrons. The predicted molar refractivity (Wildman–Crippen MR) is 143 cm³/mol.